The first-order chi connectivity index (χ1) is 14.8. The molecule has 1 aliphatic rings. The number of anilines is 1. The summed E-state index contributed by atoms with van der Waals surface area (Å²) in [6.45, 7) is 7.61. The molecular formula is C24H28N4O3. The molecule has 2 atom stereocenters. The molecule has 2 heterocycles. The molecular weight excluding hydrogens is 392 g/mol. The summed E-state index contributed by atoms with van der Waals surface area (Å²) in [6, 6.07) is 13.1. The third-order valence-electron chi connectivity index (χ3n) is 6.02. The van der Waals surface area contributed by atoms with E-state index in [1.807, 2.05) is 51.1 Å². The number of hydrogen-bond acceptors (Lipinski definition) is 5. The molecule has 2 aromatic carbocycles. The largest absolute Gasteiger partial charge is 0.507 e. The second kappa shape index (κ2) is 8.41. The second-order valence-corrected chi connectivity index (χ2v) is 8.62. The zero-order valence-corrected chi connectivity index (χ0v) is 18.0. The Balaban J connectivity index is 1.75. The molecule has 0 saturated carbocycles. The molecule has 0 spiro atoms. The van der Waals surface area contributed by atoms with Crippen LogP contribution < -0.4 is 10.2 Å². The number of phenolic OH excluding ortho intramolecular Hbond substituents is 1. The predicted molar refractivity (Wildman–Crippen MR) is 121 cm³/mol. The van der Waals surface area contributed by atoms with Crippen LogP contribution >= 0.6 is 0 Å². The van der Waals surface area contributed by atoms with Gasteiger partial charge in [0.15, 0.2) is 5.82 Å². The fourth-order valence-electron chi connectivity index (χ4n) is 4.49. The van der Waals surface area contributed by atoms with Gasteiger partial charge in [0.05, 0.1) is 11.1 Å². The maximum Gasteiger partial charge on any atom is 0.404 e. The Labute approximate surface area is 181 Å². The topological polar surface area (TPSA) is 98.6 Å². The van der Waals surface area contributed by atoms with Crippen molar-refractivity contribution in [3.05, 3.63) is 48.0 Å². The summed E-state index contributed by atoms with van der Waals surface area (Å²) in [5.74, 6) is 1.84. The van der Waals surface area contributed by atoms with Gasteiger partial charge in [-0.3, -0.25) is 0 Å². The van der Waals surface area contributed by atoms with Gasteiger partial charge in [0.2, 0.25) is 0 Å². The highest BCUT2D eigenvalue weighted by molar-refractivity contribution is 5.92. The predicted octanol–water partition coefficient (Wildman–Crippen LogP) is 4.43. The van der Waals surface area contributed by atoms with Gasteiger partial charge < -0.3 is 20.4 Å². The van der Waals surface area contributed by atoms with E-state index in [2.05, 4.69) is 10.2 Å². The number of aryl methyl sites for hydroxylation is 1. The molecule has 0 bridgehead atoms. The van der Waals surface area contributed by atoms with Crippen LogP contribution in [0.5, 0.6) is 5.75 Å². The van der Waals surface area contributed by atoms with Gasteiger partial charge in [-0.2, -0.15) is 0 Å². The minimum absolute atomic E-state index is 0.115. The second-order valence-electron chi connectivity index (χ2n) is 8.62. The van der Waals surface area contributed by atoms with Gasteiger partial charge in [0.25, 0.3) is 0 Å². The highest BCUT2D eigenvalue weighted by atomic mass is 16.4. The van der Waals surface area contributed by atoms with Crippen molar-refractivity contribution < 1.29 is 15.0 Å². The molecule has 3 N–H and O–H groups in total. The van der Waals surface area contributed by atoms with Crippen LogP contribution in [0.2, 0.25) is 0 Å². The van der Waals surface area contributed by atoms with Gasteiger partial charge in [0.1, 0.15) is 11.6 Å². The van der Waals surface area contributed by atoms with Crippen molar-refractivity contribution in [2.24, 2.45) is 11.8 Å². The molecule has 1 saturated heterocycles. The molecule has 2 unspecified atom stereocenters. The number of fused-ring (bicyclic) bond motifs is 1. The van der Waals surface area contributed by atoms with Crippen molar-refractivity contribution in [2.75, 3.05) is 18.0 Å². The number of aromatic nitrogens is 2. The molecule has 31 heavy (non-hydrogen) atoms. The molecule has 1 aliphatic heterocycles. The standard InChI is InChI=1S/C24H28N4O3/c1-14(2)21(26-24(30)31)16-10-11-28(13-16)23-17-9-8-15(3)12-19(17)25-22(27-23)18-6-4-5-7-20(18)29/h4-9,12,14,16,21,26,29H,10-11,13H2,1-3H3,(H,30,31). The number of nitrogens with one attached hydrogen (secondary N) is 1. The average Bonchev–Trinajstić information content (AvgIpc) is 3.20. The lowest BCUT2D eigenvalue weighted by molar-refractivity contribution is 0.178. The number of nitrogens with zero attached hydrogens (tertiary/aromatic N) is 3. The third-order valence-corrected chi connectivity index (χ3v) is 6.02. The number of benzene rings is 2. The normalized spacial score (nSPS) is 17.3. The van der Waals surface area contributed by atoms with Crippen molar-refractivity contribution in [2.45, 2.75) is 33.2 Å². The van der Waals surface area contributed by atoms with Gasteiger partial charge in [-0.15, -0.1) is 0 Å². The third kappa shape index (κ3) is 4.26. The molecule has 1 aromatic heterocycles. The number of hydrogen-bond donors (Lipinski definition) is 3. The van der Waals surface area contributed by atoms with Gasteiger partial charge in [-0.05, 0) is 55.0 Å². The Bertz CT molecular complexity index is 1120. The summed E-state index contributed by atoms with van der Waals surface area (Å²) in [5, 5.41) is 23.3. The minimum atomic E-state index is -0.984. The smallest absolute Gasteiger partial charge is 0.404 e. The monoisotopic (exact) mass is 420 g/mol. The van der Waals surface area contributed by atoms with Crippen LogP contribution in [0.1, 0.15) is 25.8 Å². The van der Waals surface area contributed by atoms with Gasteiger partial charge in [0, 0.05) is 24.5 Å². The number of carboxylic acid groups (broad SMARTS) is 1. The Morgan fingerprint density at radius 3 is 2.68 bits per heavy atom. The first-order valence-electron chi connectivity index (χ1n) is 10.6. The molecule has 4 rings (SSSR count). The first-order valence-corrected chi connectivity index (χ1v) is 10.6. The lowest BCUT2D eigenvalue weighted by Gasteiger charge is -2.27. The minimum Gasteiger partial charge on any atom is -0.507 e. The lowest BCUT2D eigenvalue weighted by Crippen LogP contribution is -2.44. The lowest BCUT2D eigenvalue weighted by atomic mass is 9.90. The van der Waals surface area contributed by atoms with Crippen LogP contribution in [0.3, 0.4) is 0 Å². The summed E-state index contributed by atoms with van der Waals surface area (Å²) in [6.07, 6.45) is -0.103. The van der Waals surface area contributed by atoms with E-state index in [0.29, 0.717) is 17.9 Å². The Morgan fingerprint density at radius 1 is 1.19 bits per heavy atom. The molecule has 1 amide bonds. The maximum absolute atomic E-state index is 11.3. The van der Waals surface area contributed by atoms with Crippen LogP contribution in [0.4, 0.5) is 10.6 Å². The fraction of sp³-hybridized carbons (Fsp3) is 0.375. The van der Waals surface area contributed by atoms with Gasteiger partial charge >= 0.3 is 6.09 Å². The van der Waals surface area contributed by atoms with E-state index in [-0.39, 0.29) is 23.6 Å². The van der Waals surface area contributed by atoms with Crippen molar-refractivity contribution in [1.29, 1.82) is 0 Å². The van der Waals surface area contributed by atoms with Crippen molar-refractivity contribution >= 4 is 22.8 Å². The van der Waals surface area contributed by atoms with Gasteiger partial charge in [-0.25, -0.2) is 14.8 Å². The molecule has 162 valence electrons. The zero-order valence-electron chi connectivity index (χ0n) is 18.0. The summed E-state index contributed by atoms with van der Waals surface area (Å²) in [4.78, 5) is 23.1. The van der Waals surface area contributed by atoms with Crippen LogP contribution in [-0.4, -0.2) is 45.4 Å². The van der Waals surface area contributed by atoms with Crippen molar-refractivity contribution in [3.8, 4) is 17.1 Å². The molecule has 3 aromatic rings. The first kappa shape index (κ1) is 20.9. The van der Waals surface area contributed by atoms with E-state index < -0.39 is 6.09 Å². The Hall–Kier alpha value is -3.35. The Morgan fingerprint density at radius 2 is 1.97 bits per heavy atom. The number of phenols is 1. The quantitative estimate of drug-likeness (QED) is 0.565. The van der Waals surface area contributed by atoms with Crippen molar-refractivity contribution in [1.82, 2.24) is 15.3 Å². The van der Waals surface area contributed by atoms with Crippen molar-refractivity contribution in [3.63, 3.8) is 0 Å². The average molecular weight is 421 g/mol. The molecule has 0 radical (unpaired) electrons. The van der Waals surface area contributed by atoms with E-state index >= 15 is 0 Å². The summed E-state index contributed by atoms with van der Waals surface area (Å²) in [7, 11) is 0. The van der Waals surface area contributed by atoms with E-state index in [0.717, 1.165) is 35.2 Å². The number of aromatic hydroxyl groups is 1. The number of amides is 1. The van der Waals surface area contributed by atoms with E-state index in [1.54, 1.807) is 12.1 Å². The van der Waals surface area contributed by atoms with Crippen LogP contribution in [0.15, 0.2) is 42.5 Å². The van der Waals surface area contributed by atoms with E-state index in [4.69, 9.17) is 9.97 Å². The molecule has 7 nitrogen and oxygen atoms in total. The van der Waals surface area contributed by atoms with Crippen LogP contribution in [0, 0.1) is 18.8 Å². The fourth-order valence-corrected chi connectivity index (χ4v) is 4.49. The maximum atomic E-state index is 11.3. The molecule has 1 fully saturated rings. The Kier molecular flexibility index (Phi) is 5.67. The molecule has 0 aliphatic carbocycles. The molecule has 7 heteroatoms. The number of rotatable bonds is 5. The summed E-state index contributed by atoms with van der Waals surface area (Å²) < 4.78 is 0. The summed E-state index contributed by atoms with van der Waals surface area (Å²) >= 11 is 0. The number of para-hydroxylation sites is 1. The SMILES string of the molecule is Cc1ccc2c(N3CCC(C(NC(=O)O)C(C)C)C3)nc(-c3ccccc3O)nc2c1. The zero-order chi connectivity index (χ0) is 22.1. The van der Waals surface area contributed by atoms with Crippen LogP contribution in [-0.2, 0) is 0 Å². The highest BCUT2D eigenvalue weighted by Crippen LogP contribution is 2.35. The van der Waals surface area contributed by atoms with Gasteiger partial charge in [-0.1, -0.05) is 32.0 Å². The van der Waals surface area contributed by atoms with E-state index in [1.165, 1.54) is 0 Å². The summed E-state index contributed by atoms with van der Waals surface area (Å²) in [5.41, 5.74) is 2.52. The van der Waals surface area contributed by atoms with E-state index in [9.17, 15) is 15.0 Å². The van der Waals surface area contributed by atoms with Crippen LogP contribution in [0.25, 0.3) is 22.3 Å². The number of carbonyl (C=O) groups is 1. The highest BCUT2D eigenvalue weighted by Gasteiger charge is 2.33.